The van der Waals surface area contributed by atoms with Crippen molar-refractivity contribution in [1.29, 1.82) is 0 Å². The molecule has 0 aromatic rings. The lowest BCUT2D eigenvalue weighted by atomic mass is 9.90. The summed E-state index contributed by atoms with van der Waals surface area (Å²) in [5.74, 6) is -1.69. The van der Waals surface area contributed by atoms with Crippen molar-refractivity contribution in [2.24, 2.45) is 10.8 Å². The Morgan fingerprint density at radius 2 is 1.21 bits per heavy atom. The molecular formula is C23H42O6. The number of esters is 3. The molecule has 0 aromatic carbocycles. The predicted octanol–water partition coefficient (Wildman–Crippen LogP) is 5.26. The van der Waals surface area contributed by atoms with E-state index < -0.39 is 23.3 Å². The van der Waals surface area contributed by atoms with E-state index in [0.29, 0.717) is 5.41 Å². The summed E-state index contributed by atoms with van der Waals surface area (Å²) >= 11 is 0. The van der Waals surface area contributed by atoms with Crippen LogP contribution in [-0.4, -0.2) is 37.7 Å². The Hall–Kier alpha value is -2.11. The third-order valence-corrected chi connectivity index (χ3v) is 3.36. The van der Waals surface area contributed by atoms with Crippen LogP contribution in [-0.2, 0) is 28.6 Å². The van der Waals surface area contributed by atoms with Crippen molar-refractivity contribution < 1.29 is 28.6 Å². The molecule has 0 heterocycles. The van der Waals surface area contributed by atoms with Crippen LogP contribution >= 0.6 is 0 Å². The zero-order valence-electron chi connectivity index (χ0n) is 19.8. The van der Waals surface area contributed by atoms with Crippen LogP contribution in [0.2, 0.25) is 0 Å². The second-order valence-electron chi connectivity index (χ2n) is 7.88. The van der Waals surface area contributed by atoms with Gasteiger partial charge in [0.15, 0.2) is 0 Å². The maximum absolute atomic E-state index is 11.0. The first-order valence-electron chi connectivity index (χ1n) is 10.1. The zero-order valence-corrected chi connectivity index (χ0v) is 19.8. The fourth-order valence-electron chi connectivity index (χ4n) is 1.72. The summed E-state index contributed by atoms with van der Waals surface area (Å²) in [6.45, 7) is 22.4. The first-order chi connectivity index (χ1) is 13.4. The fraction of sp³-hybridized carbons (Fsp3) is 0.696. The molecule has 0 N–H and O–H groups in total. The third-order valence-electron chi connectivity index (χ3n) is 3.36. The monoisotopic (exact) mass is 414 g/mol. The molecule has 170 valence electrons. The number of carbonyl (C=O) groups is 3. The first-order valence-corrected chi connectivity index (χ1v) is 10.1. The molecule has 0 radical (unpaired) electrons. The molecule has 0 aromatic heterocycles. The van der Waals surface area contributed by atoms with Gasteiger partial charge in [0.1, 0.15) is 19.8 Å². The number of carbonyl (C=O) groups excluding carboxylic acids is 3. The SMILES string of the molecule is C=CC(=O)OCC(C)(COC(C)=O)COC(=O)C=C.CC.CCCCC(C)(C)C. The summed E-state index contributed by atoms with van der Waals surface area (Å²) < 4.78 is 14.6. The van der Waals surface area contributed by atoms with Crippen molar-refractivity contribution in [3.8, 4) is 0 Å². The highest BCUT2D eigenvalue weighted by Crippen LogP contribution is 2.21. The predicted molar refractivity (Wildman–Crippen MR) is 117 cm³/mol. The maximum Gasteiger partial charge on any atom is 0.330 e. The van der Waals surface area contributed by atoms with Crippen LogP contribution in [0.25, 0.3) is 0 Å². The second kappa shape index (κ2) is 18.0. The summed E-state index contributed by atoms with van der Waals surface area (Å²) in [6.07, 6.45) is 6.11. The van der Waals surface area contributed by atoms with Crippen molar-refractivity contribution >= 4 is 17.9 Å². The van der Waals surface area contributed by atoms with Crippen LogP contribution in [0.15, 0.2) is 25.3 Å². The van der Waals surface area contributed by atoms with Gasteiger partial charge in [-0.3, -0.25) is 4.79 Å². The van der Waals surface area contributed by atoms with Gasteiger partial charge in [-0.05, 0) is 18.8 Å². The average Bonchev–Trinajstić information content (AvgIpc) is 2.68. The number of hydrogen-bond donors (Lipinski definition) is 0. The van der Waals surface area contributed by atoms with Crippen LogP contribution in [0, 0.1) is 10.8 Å². The third kappa shape index (κ3) is 23.9. The van der Waals surface area contributed by atoms with E-state index in [-0.39, 0.29) is 19.8 Å². The lowest BCUT2D eigenvalue weighted by molar-refractivity contribution is -0.155. The molecule has 0 bridgehead atoms. The van der Waals surface area contributed by atoms with Gasteiger partial charge in [-0.15, -0.1) is 0 Å². The highest BCUT2D eigenvalue weighted by atomic mass is 16.6. The van der Waals surface area contributed by atoms with E-state index in [0.717, 1.165) is 12.2 Å². The van der Waals surface area contributed by atoms with E-state index in [1.54, 1.807) is 6.92 Å². The Kier molecular flexibility index (Phi) is 19.6. The van der Waals surface area contributed by atoms with Crippen LogP contribution in [0.3, 0.4) is 0 Å². The molecule has 29 heavy (non-hydrogen) atoms. The minimum Gasteiger partial charge on any atom is -0.465 e. The quantitative estimate of drug-likeness (QED) is 0.275. The largest absolute Gasteiger partial charge is 0.465 e. The van der Waals surface area contributed by atoms with Gasteiger partial charge in [-0.25, -0.2) is 9.59 Å². The minimum absolute atomic E-state index is 0.0445. The van der Waals surface area contributed by atoms with Gasteiger partial charge in [-0.2, -0.15) is 0 Å². The van der Waals surface area contributed by atoms with Crippen molar-refractivity contribution in [2.75, 3.05) is 19.8 Å². The lowest BCUT2D eigenvalue weighted by Crippen LogP contribution is -2.36. The molecule has 0 unspecified atom stereocenters. The molecular weight excluding hydrogens is 372 g/mol. The van der Waals surface area contributed by atoms with Gasteiger partial charge in [0.05, 0.1) is 5.41 Å². The Balaban J connectivity index is -0.000000564. The van der Waals surface area contributed by atoms with Gasteiger partial charge in [0.25, 0.3) is 0 Å². The highest BCUT2D eigenvalue weighted by Gasteiger charge is 2.29. The molecule has 0 saturated heterocycles. The lowest BCUT2D eigenvalue weighted by Gasteiger charge is -2.27. The van der Waals surface area contributed by atoms with Gasteiger partial charge in [0, 0.05) is 19.1 Å². The van der Waals surface area contributed by atoms with Crippen LogP contribution < -0.4 is 0 Å². The molecule has 0 aliphatic rings. The Morgan fingerprint density at radius 3 is 1.45 bits per heavy atom. The van der Waals surface area contributed by atoms with Crippen LogP contribution in [0.5, 0.6) is 0 Å². The average molecular weight is 415 g/mol. The van der Waals surface area contributed by atoms with Gasteiger partial charge in [-0.1, -0.05) is 67.5 Å². The van der Waals surface area contributed by atoms with Gasteiger partial charge >= 0.3 is 17.9 Å². The highest BCUT2D eigenvalue weighted by molar-refractivity contribution is 5.81. The van der Waals surface area contributed by atoms with Crippen molar-refractivity contribution in [3.05, 3.63) is 25.3 Å². The van der Waals surface area contributed by atoms with Crippen LogP contribution in [0.1, 0.15) is 74.7 Å². The first kappa shape index (κ1) is 31.6. The molecule has 6 heteroatoms. The maximum atomic E-state index is 11.0. The topological polar surface area (TPSA) is 78.9 Å². The van der Waals surface area contributed by atoms with Gasteiger partial charge in [0.2, 0.25) is 0 Å². The smallest absolute Gasteiger partial charge is 0.330 e. The summed E-state index contributed by atoms with van der Waals surface area (Å²) in [5.41, 5.74) is -0.279. The molecule has 0 aliphatic carbocycles. The normalized spacial score (nSPS) is 10.2. The van der Waals surface area contributed by atoms with E-state index in [9.17, 15) is 14.4 Å². The van der Waals surface area contributed by atoms with E-state index in [2.05, 4.69) is 40.9 Å². The minimum atomic E-state index is -0.830. The number of ether oxygens (including phenoxy) is 3. The zero-order chi connectivity index (χ0) is 23.5. The summed E-state index contributed by atoms with van der Waals surface area (Å²) in [6, 6.07) is 0. The standard InChI is InChI=1S/C13H18O6.C8H18.C2H6/c1-5-11(15)18-8-13(4,7-17-10(3)14)9-19-12(16)6-2;1-5-6-7-8(2,3)4;1-2/h5-6H,1-2,7-9H2,3-4H3;5-7H2,1-4H3;1-2H3. The number of unbranched alkanes of at least 4 members (excludes halogenated alkanes) is 1. The van der Waals surface area contributed by atoms with Crippen molar-refractivity contribution in [2.45, 2.75) is 74.7 Å². The molecule has 0 saturated carbocycles. The molecule has 0 spiro atoms. The number of rotatable bonds is 10. The van der Waals surface area contributed by atoms with E-state index in [1.807, 2.05) is 13.8 Å². The summed E-state index contributed by atoms with van der Waals surface area (Å²) in [7, 11) is 0. The van der Waals surface area contributed by atoms with Gasteiger partial charge < -0.3 is 14.2 Å². The van der Waals surface area contributed by atoms with E-state index >= 15 is 0 Å². The molecule has 0 atom stereocenters. The Bertz CT molecular complexity index is 464. The number of hydrogen-bond acceptors (Lipinski definition) is 6. The summed E-state index contributed by atoms with van der Waals surface area (Å²) in [5, 5.41) is 0. The molecule has 0 rings (SSSR count). The van der Waals surface area contributed by atoms with Crippen molar-refractivity contribution in [3.63, 3.8) is 0 Å². The van der Waals surface area contributed by atoms with E-state index in [4.69, 9.17) is 14.2 Å². The molecule has 0 aliphatic heterocycles. The second-order valence-corrected chi connectivity index (χ2v) is 7.88. The summed E-state index contributed by atoms with van der Waals surface area (Å²) in [4.78, 5) is 32.8. The molecule has 0 fully saturated rings. The fourth-order valence-corrected chi connectivity index (χ4v) is 1.72. The van der Waals surface area contributed by atoms with Crippen molar-refractivity contribution in [1.82, 2.24) is 0 Å². The van der Waals surface area contributed by atoms with E-state index in [1.165, 1.54) is 26.2 Å². The molecule has 6 nitrogen and oxygen atoms in total. The Labute approximate surface area is 177 Å². The molecule has 0 amide bonds. The Morgan fingerprint density at radius 1 is 0.828 bits per heavy atom. The van der Waals surface area contributed by atoms with Crippen LogP contribution in [0.4, 0.5) is 0 Å².